The molecular formula is C45H58ClN5O6S. The molecule has 6 atom stereocenters. The number of fused-ring (bicyclic) bond motifs is 4. The lowest BCUT2D eigenvalue weighted by molar-refractivity contribution is 0.0131. The summed E-state index contributed by atoms with van der Waals surface area (Å²) in [5.41, 5.74) is 4.74. The van der Waals surface area contributed by atoms with Gasteiger partial charge >= 0.3 is 0 Å². The number of hydrogen-bond donors (Lipinski definition) is 1. The molecule has 1 aromatic heterocycles. The van der Waals surface area contributed by atoms with Crippen LogP contribution in [0.5, 0.6) is 5.75 Å². The van der Waals surface area contributed by atoms with Crippen LogP contribution in [0.15, 0.2) is 65.2 Å². The standard InChI is InChI=1S/C45H58ClN5O6S/c1-30-7-5-9-41(55-4)38-13-10-33(38)25-51-28-45(18-6-8-31-21-35(46)12-14-39(31)45)29-57-42-15-11-32(23-40(42)51)43(52)47-58(54,27-30)48-44(53)34-22-37(49(2)24-34)26-50(3)36-16-19-56-20-17-36/h5,9,11-12,14-15,21-24,30,33,36,38,41H,6-8,10,13,16-20,25-29H2,1-4H3,(H,47,48,52,53,54)/b9-5+/t30-,33-,38+,41-,45-,58-/m0/s1. The minimum atomic E-state index is -3.56. The Balaban J connectivity index is 1.13. The summed E-state index contributed by atoms with van der Waals surface area (Å²) < 4.78 is 42.3. The third-order valence-electron chi connectivity index (χ3n) is 13.4. The molecule has 312 valence electrons. The van der Waals surface area contributed by atoms with Gasteiger partial charge in [0.05, 0.1) is 29.7 Å². The number of hydrogen-bond acceptors (Lipinski definition) is 8. The molecule has 1 saturated heterocycles. The van der Waals surface area contributed by atoms with Crippen LogP contribution in [0.2, 0.25) is 5.02 Å². The SMILES string of the molecule is CO[C@H]1/C=C/C[C@H](C)C[S@@](=O)(NC(=O)c2cc(CN(C)C3CCOCC3)n(C)c2)=NC(=O)c2ccc3c(c2)N(C[C@@H]2CC[C@H]21)C[C@@]1(CCCc2cc(Cl)ccc21)CO3. The molecule has 11 nitrogen and oxygen atoms in total. The number of methoxy groups -OCH3 is 1. The highest BCUT2D eigenvalue weighted by atomic mass is 35.5. The molecule has 2 bridgehead atoms. The summed E-state index contributed by atoms with van der Waals surface area (Å²) in [6, 6.07) is 13.9. The highest BCUT2D eigenvalue weighted by Gasteiger charge is 2.44. The van der Waals surface area contributed by atoms with Crippen molar-refractivity contribution >= 4 is 39.0 Å². The van der Waals surface area contributed by atoms with Crippen molar-refractivity contribution in [2.75, 3.05) is 57.7 Å². The number of allylic oxidation sites excluding steroid dienone is 1. The molecule has 3 aromatic rings. The summed E-state index contributed by atoms with van der Waals surface area (Å²) in [4.78, 5) is 32.9. The molecule has 2 fully saturated rings. The number of carbonyl (C=O) groups is 2. The van der Waals surface area contributed by atoms with Crippen LogP contribution < -0.4 is 14.4 Å². The highest BCUT2D eigenvalue weighted by Crippen LogP contribution is 2.47. The van der Waals surface area contributed by atoms with E-state index in [-0.39, 0.29) is 23.2 Å². The van der Waals surface area contributed by atoms with Gasteiger partial charge < -0.3 is 23.7 Å². The van der Waals surface area contributed by atoms with Crippen molar-refractivity contribution < 1.29 is 28.0 Å². The Labute approximate surface area is 348 Å². The molecule has 0 radical (unpaired) electrons. The molecule has 4 heterocycles. The molecule has 0 unspecified atom stereocenters. The van der Waals surface area contributed by atoms with Gasteiger partial charge in [0, 0.05) is 80.9 Å². The van der Waals surface area contributed by atoms with Crippen LogP contribution in [0.25, 0.3) is 0 Å². The van der Waals surface area contributed by atoms with Crippen LogP contribution >= 0.6 is 11.6 Å². The maximum Gasteiger partial charge on any atom is 0.286 e. The highest BCUT2D eigenvalue weighted by molar-refractivity contribution is 7.92. The molecule has 2 aromatic carbocycles. The van der Waals surface area contributed by atoms with E-state index in [2.05, 4.69) is 50.2 Å². The predicted molar refractivity (Wildman–Crippen MR) is 228 cm³/mol. The first-order valence-electron chi connectivity index (χ1n) is 21.0. The molecule has 1 N–H and O–H groups in total. The maximum absolute atomic E-state index is 14.9. The summed E-state index contributed by atoms with van der Waals surface area (Å²) >= 11 is 6.49. The molecule has 2 aliphatic carbocycles. The van der Waals surface area contributed by atoms with Gasteiger partial charge in [0.25, 0.3) is 11.8 Å². The summed E-state index contributed by atoms with van der Waals surface area (Å²) in [5, 5.41) is 0.742. The topological polar surface area (TPSA) is 115 Å². The number of aryl methyl sites for hydroxylation is 2. The van der Waals surface area contributed by atoms with Crippen molar-refractivity contribution in [2.45, 2.75) is 82.4 Å². The number of aromatic nitrogens is 1. The second-order valence-electron chi connectivity index (χ2n) is 17.5. The monoisotopic (exact) mass is 831 g/mol. The predicted octanol–water partition coefficient (Wildman–Crippen LogP) is 7.35. The number of nitrogens with zero attached hydrogens (tertiary/aromatic N) is 4. The van der Waals surface area contributed by atoms with Crippen LogP contribution in [-0.4, -0.2) is 90.5 Å². The fourth-order valence-corrected chi connectivity index (χ4v) is 12.1. The van der Waals surface area contributed by atoms with Gasteiger partial charge in [0.15, 0.2) is 0 Å². The lowest BCUT2D eigenvalue weighted by Crippen LogP contribution is -2.49. The van der Waals surface area contributed by atoms with E-state index in [1.165, 1.54) is 11.1 Å². The molecule has 2 amide bonds. The number of anilines is 1. The Morgan fingerprint density at radius 2 is 1.97 bits per heavy atom. The number of rotatable bonds is 6. The van der Waals surface area contributed by atoms with E-state index in [0.717, 1.165) is 81.1 Å². The quantitative estimate of drug-likeness (QED) is 0.257. The first-order chi connectivity index (χ1) is 27.9. The van der Waals surface area contributed by atoms with Gasteiger partial charge in [-0.2, -0.15) is 0 Å². The zero-order valence-corrected chi connectivity index (χ0v) is 35.9. The number of nitrogens with one attached hydrogen (secondary N) is 1. The van der Waals surface area contributed by atoms with Crippen LogP contribution in [0.1, 0.15) is 89.4 Å². The van der Waals surface area contributed by atoms with Crippen LogP contribution in [-0.2, 0) is 44.8 Å². The van der Waals surface area contributed by atoms with Gasteiger partial charge in [-0.05, 0) is 124 Å². The summed E-state index contributed by atoms with van der Waals surface area (Å²) in [6.07, 6.45) is 13.6. The van der Waals surface area contributed by atoms with E-state index in [4.69, 9.17) is 25.8 Å². The van der Waals surface area contributed by atoms with E-state index in [1.54, 1.807) is 19.4 Å². The van der Waals surface area contributed by atoms with Gasteiger partial charge in [0.2, 0.25) is 0 Å². The average Bonchev–Trinajstić information content (AvgIpc) is 3.49. The van der Waals surface area contributed by atoms with Crippen LogP contribution in [0, 0.1) is 17.8 Å². The maximum atomic E-state index is 14.9. The Bertz CT molecular complexity index is 2170. The number of halogens is 1. The number of amides is 2. The van der Waals surface area contributed by atoms with Crippen molar-refractivity contribution in [2.24, 2.45) is 29.2 Å². The van der Waals surface area contributed by atoms with E-state index >= 15 is 0 Å². The van der Waals surface area contributed by atoms with Crippen molar-refractivity contribution in [1.82, 2.24) is 14.2 Å². The van der Waals surface area contributed by atoms with Crippen molar-refractivity contribution in [1.29, 1.82) is 0 Å². The zero-order chi connectivity index (χ0) is 40.6. The second-order valence-corrected chi connectivity index (χ2v) is 19.9. The van der Waals surface area contributed by atoms with E-state index in [9.17, 15) is 13.8 Å². The molecule has 3 aliphatic heterocycles. The molecule has 13 heteroatoms. The van der Waals surface area contributed by atoms with Crippen molar-refractivity contribution in [3.63, 3.8) is 0 Å². The van der Waals surface area contributed by atoms with Gasteiger partial charge in [-0.1, -0.05) is 36.7 Å². The van der Waals surface area contributed by atoms with Crippen LogP contribution in [0.3, 0.4) is 0 Å². The Morgan fingerprint density at radius 3 is 2.74 bits per heavy atom. The zero-order valence-electron chi connectivity index (χ0n) is 34.3. The van der Waals surface area contributed by atoms with Gasteiger partial charge in [-0.15, -0.1) is 4.36 Å². The minimum absolute atomic E-state index is 0.0107. The summed E-state index contributed by atoms with van der Waals surface area (Å²) in [6.45, 7) is 6.13. The first-order valence-corrected chi connectivity index (χ1v) is 23.0. The lowest BCUT2D eigenvalue weighted by atomic mass is 9.68. The molecule has 8 rings (SSSR count). The third kappa shape index (κ3) is 8.64. The van der Waals surface area contributed by atoms with Crippen molar-refractivity contribution in [3.05, 3.63) is 93.8 Å². The van der Waals surface area contributed by atoms with Gasteiger partial charge in [-0.25, -0.2) is 4.21 Å². The Kier molecular flexibility index (Phi) is 12.1. The Hall–Kier alpha value is -3.68. The lowest BCUT2D eigenvalue weighted by Gasteiger charge is -2.46. The molecule has 1 spiro atoms. The third-order valence-corrected chi connectivity index (χ3v) is 15.6. The summed E-state index contributed by atoms with van der Waals surface area (Å²) in [7, 11) is 2.22. The fourth-order valence-electron chi connectivity index (χ4n) is 9.97. The van der Waals surface area contributed by atoms with E-state index in [1.807, 2.05) is 42.8 Å². The smallest absolute Gasteiger partial charge is 0.286 e. The Morgan fingerprint density at radius 1 is 1.14 bits per heavy atom. The minimum Gasteiger partial charge on any atom is -0.490 e. The largest absolute Gasteiger partial charge is 0.490 e. The number of benzene rings is 2. The van der Waals surface area contributed by atoms with E-state index < -0.39 is 21.7 Å². The van der Waals surface area contributed by atoms with E-state index in [0.29, 0.717) is 60.9 Å². The fraction of sp³-hybridized carbons (Fsp3) is 0.556. The summed E-state index contributed by atoms with van der Waals surface area (Å²) in [5.74, 6) is 0.133. The molecule has 5 aliphatic rings. The van der Waals surface area contributed by atoms with Crippen LogP contribution in [0.4, 0.5) is 5.69 Å². The molecule has 1 saturated carbocycles. The van der Waals surface area contributed by atoms with Gasteiger partial charge in [-0.3, -0.25) is 19.2 Å². The normalized spacial score (nSPS) is 29.7. The second kappa shape index (κ2) is 17.1. The molecular weight excluding hydrogens is 774 g/mol. The number of ether oxygens (including phenoxy) is 3. The van der Waals surface area contributed by atoms with Crippen molar-refractivity contribution in [3.8, 4) is 5.75 Å². The first kappa shape index (κ1) is 41.1. The molecule has 58 heavy (non-hydrogen) atoms. The number of carbonyl (C=O) groups excluding carboxylic acids is 2. The average molecular weight is 833 g/mol. The van der Waals surface area contributed by atoms with Gasteiger partial charge in [0.1, 0.15) is 15.7 Å².